The molecule has 146 valence electrons. The highest BCUT2D eigenvalue weighted by Gasteiger charge is 2.12. The molecule has 28 heavy (non-hydrogen) atoms. The van der Waals surface area contributed by atoms with Gasteiger partial charge in [0.05, 0.1) is 13.2 Å². The normalized spacial score (nSPS) is 10.8. The summed E-state index contributed by atoms with van der Waals surface area (Å²) in [6, 6.07) is 19.4. The highest BCUT2D eigenvalue weighted by atomic mass is 16.5. The van der Waals surface area contributed by atoms with Crippen LogP contribution in [0.1, 0.15) is 42.6 Å². The maximum atomic E-state index is 12.9. The number of fused-ring (bicyclic) bond motifs is 1. The van der Waals surface area contributed by atoms with Crippen LogP contribution in [0.2, 0.25) is 0 Å². The van der Waals surface area contributed by atoms with Gasteiger partial charge in [-0.05, 0) is 43.0 Å². The second-order valence-electron chi connectivity index (χ2n) is 6.64. The number of hydrogen-bond acceptors (Lipinski definition) is 3. The molecule has 1 N–H and O–H groups in total. The quantitative estimate of drug-likeness (QED) is 0.479. The van der Waals surface area contributed by atoms with Gasteiger partial charge in [-0.25, -0.2) is 0 Å². The molecule has 0 saturated carbocycles. The van der Waals surface area contributed by atoms with Crippen molar-refractivity contribution in [3.05, 3.63) is 71.8 Å². The van der Waals surface area contributed by atoms with Gasteiger partial charge in [-0.2, -0.15) is 0 Å². The van der Waals surface area contributed by atoms with Gasteiger partial charge in [0.15, 0.2) is 0 Å². The van der Waals surface area contributed by atoms with E-state index in [1.54, 1.807) is 6.07 Å². The molecule has 0 heterocycles. The summed E-state index contributed by atoms with van der Waals surface area (Å²) < 4.78 is 11.4. The van der Waals surface area contributed by atoms with Crippen molar-refractivity contribution < 1.29 is 14.3 Å². The lowest BCUT2D eigenvalue weighted by molar-refractivity contribution is 0.102. The van der Waals surface area contributed by atoms with E-state index in [0.29, 0.717) is 25.4 Å². The second kappa shape index (κ2) is 9.90. The molecule has 1 amide bonds. The molecule has 0 fully saturated rings. The zero-order valence-electron chi connectivity index (χ0n) is 16.5. The summed E-state index contributed by atoms with van der Waals surface area (Å²) in [7, 11) is 0. The maximum Gasteiger partial charge on any atom is 0.255 e. The molecule has 0 aromatic heterocycles. The molecule has 4 nitrogen and oxygen atoms in total. The van der Waals surface area contributed by atoms with Crippen LogP contribution < -0.4 is 10.1 Å². The first kappa shape index (κ1) is 19.9. The van der Waals surface area contributed by atoms with Gasteiger partial charge in [-0.15, -0.1) is 0 Å². The monoisotopic (exact) mass is 377 g/mol. The fraction of sp³-hybridized carbons (Fsp3) is 0.292. The molecule has 3 aromatic rings. The summed E-state index contributed by atoms with van der Waals surface area (Å²) in [6.07, 6.45) is 2.11. The SMILES string of the molecule is CCCCOCc1cc(C(=O)Nc2cccc3ccccc23)ccc1OCC. The number of nitrogens with one attached hydrogen (secondary N) is 1. The van der Waals surface area contributed by atoms with E-state index in [2.05, 4.69) is 12.2 Å². The van der Waals surface area contributed by atoms with Crippen molar-refractivity contribution in [3.63, 3.8) is 0 Å². The molecule has 0 radical (unpaired) electrons. The first-order valence-corrected chi connectivity index (χ1v) is 9.85. The van der Waals surface area contributed by atoms with Gasteiger partial charge >= 0.3 is 0 Å². The Kier molecular flexibility index (Phi) is 7.04. The molecule has 0 aliphatic carbocycles. The fourth-order valence-corrected chi connectivity index (χ4v) is 3.09. The Balaban J connectivity index is 1.80. The predicted octanol–water partition coefficient (Wildman–Crippen LogP) is 5.81. The molecule has 3 rings (SSSR count). The third kappa shape index (κ3) is 4.90. The average Bonchev–Trinajstić information content (AvgIpc) is 2.72. The number of hydrogen-bond donors (Lipinski definition) is 1. The van der Waals surface area contributed by atoms with Gasteiger partial charge in [0.1, 0.15) is 5.75 Å². The first-order valence-electron chi connectivity index (χ1n) is 9.85. The Hall–Kier alpha value is -2.85. The molecular weight excluding hydrogens is 350 g/mol. The van der Waals surface area contributed by atoms with Gasteiger partial charge < -0.3 is 14.8 Å². The summed E-state index contributed by atoms with van der Waals surface area (Å²) in [5, 5.41) is 5.15. The zero-order chi connectivity index (χ0) is 19.8. The minimum Gasteiger partial charge on any atom is -0.494 e. The maximum absolute atomic E-state index is 12.9. The van der Waals surface area contributed by atoms with Crippen LogP contribution in [0.15, 0.2) is 60.7 Å². The van der Waals surface area contributed by atoms with Crippen molar-refractivity contribution in [3.8, 4) is 5.75 Å². The Labute approximate surface area is 166 Å². The Bertz CT molecular complexity index is 931. The van der Waals surface area contributed by atoms with Crippen LogP contribution in [0.5, 0.6) is 5.75 Å². The largest absolute Gasteiger partial charge is 0.494 e. The van der Waals surface area contributed by atoms with Gasteiger partial charge in [0, 0.05) is 28.8 Å². The van der Waals surface area contributed by atoms with E-state index in [1.165, 1.54) is 0 Å². The van der Waals surface area contributed by atoms with Gasteiger partial charge in [-0.1, -0.05) is 49.7 Å². The average molecular weight is 377 g/mol. The van der Waals surface area contributed by atoms with E-state index < -0.39 is 0 Å². The van der Waals surface area contributed by atoms with Gasteiger partial charge in [0.25, 0.3) is 5.91 Å². The van der Waals surface area contributed by atoms with Crippen molar-refractivity contribution in [2.45, 2.75) is 33.3 Å². The highest BCUT2D eigenvalue weighted by Crippen LogP contribution is 2.25. The summed E-state index contributed by atoms with van der Waals surface area (Å²) >= 11 is 0. The van der Waals surface area contributed by atoms with E-state index >= 15 is 0 Å². The van der Waals surface area contributed by atoms with Crippen LogP contribution >= 0.6 is 0 Å². The number of carbonyl (C=O) groups excluding carboxylic acids is 1. The molecule has 0 atom stereocenters. The van der Waals surface area contributed by atoms with E-state index in [4.69, 9.17) is 9.47 Å². The van der Waals surface area contributed by atoms with Crippen LogP contribution in [-0.4, -0.2) is 19.1 Å². The third-order valence-corrected chi connectivity index (χ3v) is 4.56. The molecule has 0 unspecified atom stereocenters. The number of unbranched alkanes of at least 4 members (excludes halogenated alkanes) is 1. The summed E-state index contributed by atoms with van der Waals surface area (Å²) in [5.41, 5.74) is 2.28. The first-order chi connectivity index (χ1) is 13.7. The predicted molar refractivity (Wildman–Crippen MR) is 114 cm³/mol. The number of carbonyl (C=O) groups is 1. The Morgan fingerprint density at radius 1 is 1.00 bits per heavy atom. The number of rotatable bonds is 9. The number of benzene rings is 3. The standard InChI is InChI=1S/C24H27NO3/c1-3-5-15-27-17-20-16-19(13-14-23(20)28-4-2)24(26)25-22-12-8-10-18-9-6-7-11-21(18)22/h6-14,16H,3-5,15,17H2,1-2H3,(H,25,26). The number of amides is 1. The van der Waals surface area contributed by atoms with Crippen LogP contribution in [-0.2, 0) is 11.3 Å². The summed E-state index contributed by atoms with van der Waals surface area (Å²) in [5.74, 6) is 0.620. The number of anilines is 1. The Morgan fingerprint density at radius 3 is 2.64 bits per heavy atom. The molecule has 0 saturated heterocycles. The van der Waals surface area contributed by atoms with Crippen molar-refractivity contribution in [2.75, 3.05) is 18.5 Å². The molecule has 3 aromatic carbocycles. The third-order valence-electron chi connectivity index (χ3n) is 4.56. The van der Waals surface area contributed by atoms with E-state index in [0.717, 1.165) is 40.6 Å². The van der Waals surface area contributed by atoms with Crippen LogP contribution in [0.25, 0.3) is 10.8 Å². The van der Waals surface area contributed by atoms with Crippen molar-refractivity contribution in [1.29, 1.82) is 0 Å². The van der Waals surface area contributed by atoms with Crippen molar-refractivity contribution >= 4 is 22.4 Å². The minimum atomic E-state index is -0.144. The molecule has 0 spiro atoms. The molecular formula is C24H27NO3. The van der Waals surface area contributed by atoms with E-state index in [1.807, 2.05) is 61.5 Å². The summed E-state index contributed by atoms with van der Waals surface area (Å²) in [4.78, 5) is 12.9. The second-order valence-corrected chi connectivity index (χ2v) is 6.64. The highest BCUT2D eigenvalue weighted by molar-refractivity contribution is 6.09. The molecule has 0 aliphatic heterocycles. The van der Waals surface area contributed by atoms with Crippen molar-refractivity contribution in [1.82, 2.24) is 0 Å². The lowest BCUT2D eigenvalue weighted by atomic mass is 10.1. The smallest absolute Gasteiger partial charge is 0.255 e. The number of ether oxygens (including phenoxy) is 2. The van der Waals surface area contributed by atoms with Crippen LogP contribution in [0, 0.1) is 0 Å². The molecule has 4 heteroatoms. The van der Waals surface area contributed by atoms with Gasteiger partial charge in [-0.3, -0.25) is 4.79 Å². The fourth-order valence-electron chi connectivity index (χ4n) is 3.09. The van der Waals surface area contributed by atoms with Crippen LogP contribution in [0.4, 0.5) is 5.69 Å². The molecule has 0 aliphatic rings. The topological polar surface area (TPSA) is 47.6 Å². The van der Waals surface area contributed by atoms with Crippen molar-refractivity contribution in [2.24, 2.45) is 0 Å². The Morgan fingerprint density at radius 2 is 1.82 bits per heavy atom. The molecule has 0 bridgehead atoms. The lowest BCUT2D eigenvalue weighted by Crippen LogP contribution is -2.13. The van der Waals surface area contributed by atoms with Gasteiger partial charge in [0.2, 0.25) is 0 Å². The van der Waals surface area contributed by atoms with Crippen LogP contribution in [0.3, 0.4) is 0 Å². The van der Waals surface area contributed by atoms with E-state index in [-0.39, 0.29) is 5.91 Å². The van der Waals surface area contributed by atoms with E-state index in [9.17, 15) is 4.79 Å². The lowest BCUT2D eigenvalue weighted by Gasteiger charge is -2.13. The minimum absolute atomic E-state index is 0.144. The zero-order valence-corrected chi connectivity index (χ0v) is 16.5. The summed E-state index contributed by atoms with van der Waals surface area (Å²) in [6.45, 7) is 5.79.